The van der Waals surface area contributed by atoms with E-state index in [-0.39, 0.29) is 10.6 Å². The van der Waals surface area contributed by atoms with Crippen LogP contribution in [0, 0.1) is 0 Å². The summed E-state index contributed by atoms with van der Waals surface area (Å²) in [4.78, 5) is 0. The highest BCUT2D eigenvalue weighted by Crippen LogP contribution is 2.44. The van der Waals surface area contributed by atoms with Crippen molar-refractivity contribution in [2.24, 2.45) is 0 Å². The number of benzene rings is 1. The van der Waals surface area contributed by atoms with E-state index in [2.05, 4.69) is 5.32 Å². The standard InChI is InChI=1S/C12H13ClF3NO/c1-11(3-2-4-17-11)8-5-7(13)6-9(10(8)18)12(14,15)16/h5-6,17-18H,2-4H2,1H3. The number of aromatic hydroxyl groups is 1. The molecule has 0 aliphatic carbocycles. The van der Waals surface area contributed by atoms with Crippen LogP contribution in [0.25, 0.3) is 0 Å². The SMILES string of the molecule is CC1(c2cc(Cl)cc(C(F)(F)F)c2O)CCCN1. The number of phenols is 1. The van der Waals surface area contributed by atoms with Gasteiger partial charge in [-0.05, 0) is 38.4 Å². The third-order valence-corrected chi connectivity index (χ3v) is 3.56. The molecule has 1 heterocycles. The second kappa shape index (κ2) is 4.31. The van der Waals surface area contributed by atoms with Crippen molar-refractivity contribution in [1.29, 1.82) is 0 Å². The molecule has 0 amide bonds. The number of alkyl halides is 3. The Labute approximate surface area is 108 Å². The lowest BCUT2D eigenvalue weighted by atomic mass is 9.88. The van der Waals surface area contributed by atoms with Crippen LogP contribution in [0.15, 0.2) is 12.1 Å². The van der Waals surface area contributed by atoms with Crippen molar-refractivity contribution in [2.45, 2.75) is 31.5 Å². The molecule has 100 valence electrons. The topological polar surface area (TPSA) is 32.3 Å². The van der Waals surface area contributed by atoms with Crippen molar-refractivity contribution >= 4 is 11.6 Å². The highest BCUT2D eigenvalue weighted by Gasteiger charge is 2.39. The molecule has 18 heavy (non-hydrogen) atoms. The van der Waals surface area contributed by atoms with Crippen molar-refractivity contribution in [1.82, 2.24) is 5.32 Å². The quantitative estimate of drug-likeness (QED) is 0.822. The molecule has 2 N–H and O–H groups in total. The van der Waals surface area contributed by atoms with Crippen LogP contribution >= 0.6 is 11.6 Å². The van der Waals surface area contributed by atoms with Crippen molar-refractivity contribution in [3.8, 4) is 5.75 Å². The summed E-state index contributed by atoms with van der Waals surface area (Å²) in [6.07, 6.45) is -3.10. The molecule has 0 aromatic heterocycles. The van der Waals surface area contributed by atoms with Gasteiger partial charge >= 0.3 is 6.18 Å². The van der Waals surface area contributed by atoms with Crippen molar-refractivity contribution < 1.29 is 18.3 Å². The highest BCUT2D eigenvalue weighted by atomic mass is 35.5. The zero-order valence-electron chi connectivity index (χ0n) is 9.74. The molecular formula is C12H13ClF3NO. The van der Waals surface area contributed by atoms with Crippen LogP contribution in [0.5, 0.6) is 5.75 Å². The molecule has 0 saturated carbocycles. The lowest BCUT2D eigenvalue weighted by molar-refractivity contribution is -0.138. The van der Waals surface area contributed by atoms with E-state index in [0.29, 0.717) is 13.0 Å². The van der Waals surface area contributed by atoms with Gasteiger partial charge in [0.25, 0.3) is 0 Å². The maximum atomic E-state index is 12.8. The van der Waals surface area contributed by atoms with Crippen molar-refractivity contribution in [3.05, 3.63) is 28.3 Å². The minimum absolute atomic E-state index is 0.0231. The van der Waals surface area contributed by atoms with Crippen LogP contribution in [0.2, 0.25) is 5.02 Å². The van der Waals surface area contributed by atoms with E-state index in [0.717, 1.165) is 12.5 Å². The van der Waals surface area contributed by atoms with Gasteiger partial charge in [0.1, 0.15) is 5.75 Å². The van der Waals surface area contributed by atoms with Crippen LogP contribution < -0.4 is 5.32 Å². The fourth-order valence-corrected chi connectivity index (χ4v) is 2.58. The van der Waals surface area contributed by atoms with Gasteiger partial charge < -0.3 is 10.4 Å². The molecule has 1 atom stereocenters. The van der Waals surface area contributed by atoms with Crippen LogP contribution in [0.1, 0.15) is 30.9 Å². The first-order valence-corrected chi connectivity index (χ1v) is 5.97. The summed E-state index contributed by atoms with van der Waals surface area (Å²) in [5, 5.41) is 12.9. The zero-order valence-corrected chi connectivity index (χ0v) is 10.5. The van der Waals surface area contributed by atoms with Gasteiger partial charge in [0, 0.05) is 16.1 Å². The molecular weight excluding hydrogens is 267 g/mol. The number of phenolic OH excluding ortho intramolecular Hbond substituents is 1. The molecule has 0 spiro atoms. The molecule has 2 rings (SSSR count). The van der Waals surface area contributed by atoms with Crippen molar-refractivity contribution in [2.75, 3.05) is 6.54 Å². The summed E-state index contributed by atoms with van der Waals surface area (Å²) < 4.78 is 38.3. The number of rotatable bonds is 1. The molecule has 0 bridgehead atoms. The Morgan fingerprint density at radius 1 is 1.39 bits per heavy atom. The van der Waals surface area contributed by atoms with Gasteiger partial charge in [-0.3, -0.25) is 0 Å². The predicted molar refractivity (Wildman–Crippen MR) is 62.7 cm³/mol. The molecule has 1 saturated heterocycles. The Kier molecular flexibility index (Phi) is 3.23. The summed E-state index contributed by atoms with van der Waals surface area (Å²) in [6.45, 7) is 2.48. The summed E-state index contributed by atoms with van der Waals surface area (Å²) in [6, 6.07) is 2.14. The van der Waals surface area contributed by atoms with Crippen LogP contribution in [0.3, 0.4) is 0 Å². The van der Waals surface area contributed by atoms with Gasteiger partial charge in [0.05, 0.1) is 5.56 Å². The maximum Gasteiger partial charge on any atom is 0.420 e. The third kappa shape index (κ3) is 2.29. The Balaban J connectivity index is 2.58. The van der Waals surface area contributed by atoms with E-state index < -0.39 is 23.0 Å². The Bertz CT molecular complexity index is 467. The number of hydrogen-bond donors (Lipinski definition) is 2. The van der Waals surface area contributed by atoms with Gasteiger partial charge in [-0.2, -0.15) is 13.2 Å². The second-order valence-corrected chi connectivity index (χ2v) is 5.15. The summed E-state index contributed by atoms with van der Waals surface area (Å²) in [5.41, 5.74) is -1.53. The normalized spacial score (nSPS) is 24.5. The maximum absolute atomic E-state index is 12.8. The van der Waals surface area contributed by atoms with Gasteiger partial charge in [0.2, 0.25) is 0 Å². The van der Waals surface area contributed by atoms with E-state index in [9.17, 15) is 18.3 Å². The summed E-state index contributed by atoms with van der Waals surface area (Å²) >= 11 is 5.73. The molecule has 2 nitrogen and oxygen atoms in total. The van der Waals surface area contributed by atoms with E-state index >= 15 is 0 Å². The molecule has 6 heteroatoms. The highest BCUT2D eigenvalue weighted by molar-refractivity contribution is 6.30. The van der Waals surface area contributed by atoms with E-state index in [1.165, 1.54) is 6.07 Å². The van der Waals surface area contributed by atoms with Gasteiger partial charge in [-0.15, -0.1) is 0 Å². The fourth-order valence-electron chi connectivity index (χ4n) is 2.36. The first-order valence-electron chi connectivity index (χ1n) is 5.59. The Morgan fingerprint density at radius 2 is 2.06 bits per heavy atom. The average Bonchev–Trinajstić information content (AvgIpc) is 2.67. The largest absolute Gasteiger partial charge is 0.507 e. The van der Waals surface area contributed by atoms with Crippen LogP contribution in [0.4, 0.5) is 13.2 Å². The minimum Gasteiger partial charge on any atom is -0.507 e. The molecule has 1 unspecified atom stereocenters. The van der Waals surface area contributed by atoms with Crippen molar-refractivity contribution in [3.63, 3.8) is 0 Å². The average molecular weight is 280 g/mol. The van der Waals surface area contributed by atoms with Gasteiger partial charge in [-0.25, -0.2) is 0 Å². The predicted octanol–water partition coefficient (Wildman–Crippen LogP) is 3.66. The van der Waals surface area contributed by atoms with E-state index in [1.54, 1.807) is 6.92 Å². The van der Waals surface area contributed by atoms with Crippen LogP contribution in [-0.2, 0) is 11.7 Å². The molecule has 1 aromatic rings. The first kappa shape index (κ1) is 13.5. The molecule has 0 radical (unpaired) electrons. The number of halogens is 4. The number of hydrogen-bond acceptors (Lipinski definition) is 2. The smallest absolute Gasteiger partial charge is 0.420 e. The third-order valence-electron chi connectivity index (χ3n) is 3.34. The van der Waals surface area contributed by atoms with Gasteiger partial charge in [0.15, 0.2) is 0 Å². The molecule has 1 aliphatic rings. The monoisotopic (exact) mass is 279 g/mol. The Morgan fingerprint density at radius 3 is 2.56 bits per heavy atom. The van der Waals surface area contributed by atoms with Gasteiger partial charge in [-0.1, -0.05) is 11.6 Å². The zero-order chi connectivity index (χ0) is 13.6. The fraction of sp³-hybridized carbons (Fsp3) is 0.500. The summed E-state index contributed by atoms with van der Waals surface area (Å²) in [5.74, 6) is -0.733. The molecule has 1 aliphatic heterocycles. The lowest BCUT2D eigenvalue weighted by Gasteiger charge is -2.27. The lowest BCUT2D eigenvalue weighted by Crippen LogP contribution is -2.33. The molecule has 1 fully saturated rings. The van der Waals surface area contributed by atoms with E-state index in [1.807, 2.05) is 0 Å². The summed E-state index contributed by atoms with van der Waals surface area (Å²) in [7, 11) is 0. The second-order valence-electron chi connectivity index (χ2n) is 4.71. The first-order chi connectivity index (χ1) is 8.24. The minimum atomic E-state index is -4.61. The molecule has 1 aromatic carbocycles. The number of nitrogens with one attached hydrogen (secondary N) is 1. The van der Waals surface area contributed by atoms with E-state index in [4.69, 9.17) is 11.6 Å². The Hall–Kier alpha value is -0.940. The van der Waals surface area contributed by atoms with Crippen LogP contribution in [-0.4, -0.2) is 11.7 Å².